The van der Waals surface area contributed by atoms with Crippen molar-refractivity contribution in [2.24, 2.45) is 4.99 Å². The quantitative estimate of drug-likeness (QED) is 0.315. The Kier molecular flexibility index (Phi) is 10.2. The number of aryl methyl sites for hydroxylation is 1. The van der Waals surface area contributed by atoms with Gasteiger partial charge in [0.05, 0.1) is 13.2 Å². The van der Waals surface area contributed by atoms with Crippen LogP contribution in [-0.4, -0.2) is 50.9 Å². The first kappa shape index (κ1) is 25.1. The summed E-state index contributed by atoms with van der Waals surface area (Å²) in [5.74, 6) is 1.63. The molecule has 170 valence electrons. The van der Waals surface area contributed by atoms with Crippen LogP contribution in [0.3, 0.4) is 0 Å². The van der Waals surface area contributed by atoms with Crippen LogP contribution in [0.1, 0.15) is 16.7 Å². The minimum atomic E-state index is -2.87. The summed E-state index contributed by atoms with van der Waals surface area (Å²) in [6.45, 7) is 2.83. The van der Waals surface area contributed by atoms with Crippen molar-refractivity contribution >= 4 is 35.8 Å². The van der Waals surface area contributed by atoms with Crippen LogP contribution in [0.15, 0.2) is 41.5 Å². The zero-order chi connectivity index (χ0) is 21.3. The highest BCUT2D eigenvalue weighted by atomic mass is 127. The van der Waals surface area contributed by atoms with Gasteiger partial charge in [0.15, 0.2) is 5.96 Å². The van der Waals surface area contributed by atoms with E-state index in [4.69, 9.17) is 4.74 Å². The molecule has 2 aromatic rings. The maximum absolute atomic E-state index is 12.7. The van der Waals surface area contributed by atoms with Crippen molar-refractivity contribution in [2.45, 2.75) is 26.6 Å². The maximum Gasteiger partial charge on any atom is 0.387 e. The van der Waals surface area contributed by atoms with E-state index in [0.29, 0.717) is 37.8 Å². The SMILES string of the molecule is CN=C(NCc1cc(C)ccc1OC(F)F)NCc1cccnc1N1CCOCC1.I. The van der Waals surface area contributed by atoms with Crippen molar-refractivity contribution in [1.82, 2.24) is 15.6 Å². The first-order valence-corrected chi connectivity index (χ1v) is 9.82. The number of benzene rings is 1. The van der Waals surface area contributed by atoms with Gasteiger partial charge in [-0.2, -0.15) is 8.78 Å². The van der Waals surface area contributed by atoms with E-state index >= 15 is 0 Å². The third kappa shape index (κ3) is 7.46. The third-order valence-corrected chi connectivity index (χ3v) is 4.73. The van der Waals surface area contributed by atoms with Gasteiger partial charge in [0, 0.05) is 50.6 Å². The number of pyridine rings is 1. The summed E-state index contributed by atoms with van der Waals surface area (Å²) < 4.78 is 35.4. The molecule has 0 aliphatic carbocycles. The number of morpholine rings is 1. The lowest BCUT2D eigenvalue weighted by atomic mass is 10.1. The van der Waals surface area contributed by atoms with E-state index in [2.05, 4.69) is 30.2 Å². The zero-order valence-corrected chi connectivity index (χ0v) is 19.9. The number of guanidine groups is 1. The molecule has 0 atom stereocenters. The van der Waals surface area contributed by atoms with Gasteiger partial charge in [-0.25, -0.2) is 4.98 Å². The van der Waals surface area contributed by atoms with Crippen LogP contribution < -0.4 is 20.3 Å². The highest BCUT2D eigenvalue weighted by Gasteiger charge is 2.16. The molecule has 0 spiro atoms. The summed E-state index contributed by atoms with van der Waals surface area (Å²) in [5, 5.41) is 6.42. The fourth-order valence-electron chi connectivity index (χ4n) is 3.26. The van der Waals surface area contributed by atoms with Gasteiger partial charge in [0.25, 0.3) is 0 Å². The number of aliphatic imine (C=N–C) groups is 1. The largest absolute Gasteiger partial charge is 0.434 e. The molecule has 7 nitrogen and oxygen atoms in total. The van der Waals surface area contributed by atoms with Crippen molar-refractivity contribution in [3.05, 3.63) is 53.2 Å². The van der Waals surface area contributed by atoms with Crippen molar-refractivity contribution in [1.29, 1.82) is 0 Å². The number of alkyl halides is 2. The third-order valence-electron chi connectivity index (χ3n) is 4.73. The van der Waals surface area contributed by atoms with Crippen LogP contribution in [0.4, 0.5) is 14.6 Å². The molecule has 1 aromatic heterocycles. The number of nitrogens with zero attached hydrogens (tertiary/aromatic N) is 3. The molecule has 2 heterocycles. The second kappa shape index (κ2) is 12.6. The van der Waals surface area contributed by atoms with Crippen LogP contribution >= 0.6 is 24.0 Å². The fourth-order valence-corrected chi connectivity index (χ4v) is 3.26. The van der Waals surface area contributed by atoms with Crippen LogP contribution in [0, 0.1) is 6.92 Å². The molecule has 1 aliphatic rings. The summed E-state index contributed by atoms with van der Waals surface area (Å²) in [5.41, 5.74) is 2.63. The number of rotatable bonds is 7. The van der Waals surface area contributed by atoms with Crippen LogP contribution in [0.5, 0.6) is 5.75 Å². The fraction of sp³-hybridized carbons (Fsp3) is 0.429. The van der Waals surface area contributed by atoms with Gasteiger partial charge in [-0.3, -0.25) is 4.99 Å². The smallest absolute Gasteiger partial charge is 0.387 e. The van der Waals surface area contributed by atoms with E-state index in [1.807, 2.05) is 25.1 Å². The minimum absolute atomic E-state index is 0. The lowest BCUT2D eigenvalue weighted by Crippen LogP contribution is -2.39. The Morgan fingerprint density at radius 1 is 1.19 bits per heavy atom. The molecular formula is C21H28F2IN5O2. The Bertz CT molecular complexity index is 863. The standard InChI is InChI=1S/C21H27F2N5O2.HI/c1-15-5-6-18(30-20(22)23)17(12-15)14-27-21(24-2)26-13-16-4-3-7-25-19(16)28-8-10-29-11-9-28;/h3-7,12,20H,8-11,13-14H2,1-2H3,(H2,24,26,27);1H. The number of halogens is 3. The van der Waals surface area contributed by atoms with Gasteiger partial charge < -0.3 is 25.0 Å². The number of hydrogen-bond donors (Lipinski definition) is 2. The Morgan fingerprint density at radius 3 is 2.58 bits per heavy atom. The average Bonchev–Trinajstić information content (AvgIpc) is 2.76. The molecule has 0 bridgehead atoms. The Balaban J connectivity index is 0.00000341. The normalized spacial score (nSPS) is 14.2. The van der Waals surface area contributed by atoms with E-state index < -0.39 is 6.61 Å². The summed E-state index contributed by atoms with van der Waals surface area (Å²) in [6, 6.07) is 9.03. The molecule has 31 heavy (non-hydrogen) atoms. The second-order valence-corrected chi connectivity index (χ2v) is 6.85. The molecular weight excluding hydrogens is 519 g/mol. The number of hydrogen-bond acceptors (Lipinski definition) is 5. The van der Waals surface area contributed by atoms with E-state index in [1.54, 1.807) is 25.4 Å². The Morgan fingerprint density at radius 2 is 1.90 bits per heavy atom. The molecule has 0 amide bonds. The van der Waals surface area contributed by atoms with E-state index in [9.17, 15) is 8.78 Å². The van der Waals surface area contributed by atoms with Gasteiger partial charge in [0.1, 0.15) is 11.6 Å². The average molecular weight is 547 g/mol. The number of aromatic nitrogens is 1. The van der Waals surface area contributed by atoms with Gasteiger partial charge in [0.2, 0.25) is 0 Å². The topological polar surface area (TPSA) is 71.0 Å². The molecule has 1 fully saturated rings. The molecule has 3 rings (SSSR count). The van der Waals surface area contributed by atoms with Crippen molar-refractivity contribution in [2.75, 3.05) is 38.3 Å². The van der Waals surface area contributed by atoms with Crippen LogP contribution in [0.2, 0.25) is 0 Å². The Labute approximate surface area is 198 Å². The highest BCUT2D eigenvalue weighted by molar-refractivity contribution is 14.0. The second-order valence-electron chi connectivity index (χ2n) is 6.85. The molecule has 0 unspecified atom stereocenters. The van der Waals surface area contributed by atoms with Crippen molar-refractivity contribution < 1.29 is 18.3 Å². The molecule has 1 aromatic carbocycles. The monoisotopic (exact) mass is 547 g/mol. The molecule has 10 heteroatoms. The zero-order valence-electron chi connectivity index (χ0n) is 17.6. The summed E-state index contributed by atoms with van der Waals surface area (Å²) >= 11 is 0. The van der Waals surface area contributed by atoms with Crippen LogP contribution in [-0.2, 0) is 17.8 Å². The van der Waals surface area contributed by atoms with Gasteiger partial charge in [-0.15, -0.1) is 24.0 Å². The van der Waals surface area contributed by atoms with Crippen LogP contribution in [0.25, 0.3) is 0 Å². The lowest BCUT2D eigenvalue weighted by molar-refractivity contribution is -0.0504. The van der Waals surface area contributed by atoms with E-state index in [1.165, 1.54) is 0 Å². The van der Waals surface area contributed by atoms with Crippen molar-refractivity contribution in [3.63, 3.8) is 0 Å². The number of anilines is 1. The van der Waals surface area contributed by atoms with Crippen molar-refractivity contribution in [3.8, 4) is 5.75 Å². The first-order chi connectivity index (χ1) is 14.6. The lowest BCUT2D eigenvalue weighted by Gasteiger charge is -2.29. The van der Waals surface area contributed by atoms with Gasteiger partial charge in [-0.1, -0.05) is 23.8 Å². The Hall–Kier alpha value is -2.21. The first-order valence-electron chi connectivity index (χ1n) is 9.82. The summed E-state index contributed by atoms with van der Waals surface area (Å²) in [4.78, 5) is 11.0. The molecule has 0 saturated carbocycles. The summed E-state index contributed by atoms with van der Waals surface area (Å²) in [6.07, 6.45) is 1.78. The van der Waals surface area contributed by atoms with Gasteiger partial charge >= 0.3 is 6.61 Å². The number of ether oxygens (including phenoxy) is 2. The highest BCUT2D eigenvalue weighted by Crippen LogP contribution is 2.22. The predicted octanol–water partition coefficient (Wildman–Crippen LogP) is 3.31. The maximum atomic E-state index is 12.7. The van der Waals surface area contributed by atoms with E-state index in [-0.39, 0.29) is 29.7 Å². The molecule has 1 aliphatic heterocycles. The van der Waals surface area contributed by atoms with Gasteiger partial charge in [-0.05, 0) is 19.1 Å². The molecule has 1 saturated heterocycles. The minimum Gasteiger partial charge on any atom is -0.434 e. The van der Waals surface area contributed by atoms with E-state index in [0.717, 1.165) is 30.0 Å². The predicted molar refractivity (Wildman–Crippen MR) is 128 cm³/mol. The molecule has 0 radical (unpaired) electrons. The summed E-state index contributed by atoms with van der Waals surface area (Å²) in [7, 11) is 1.66. The molecule has 2 N–H and O–H groups in total. The number of nitrogens with one attached hydrogen (secondary N) is 2.